The molecule has 3 aromatic rings. The second-order valence-corrected chi connectivity index (χ2v) is 6.54. The first-order valence-electron chi connectivity index (χ1n) is 9.52. The molecule has 8 heteroatoms. The van der Waals surface area contributed by atoms with Gasteiger partial charge in [-0.05, 0) is 48.2 Å². The molecule has 8 nitrogen and oxygen atoms in total. The number of nitrogens with zero attached hydrogens (tertiary/aromatic N) is 2. The standard InChI is InChI=1S/C23H24N2O6/c1-27-18-8-7-15(9-19(18)31-23(26)17-12-24-14-25-13-17)5-6-16-10-20(28-2)22(30-4)21(11-16)29-3/h7-14H,5-6H2,1-4H3. The summed E-state index contributed by atoms with van der Waals surface area (Å²) in [6.07, 6.45) is 5.55. The molecule has 0 saturated heterocycles. The Labute approximate surface area is 180 Å². The fourth-order valence-corrected chi connectivity index (χ4v) is 3.09. The second kappa shape index (κ2) is 10.3. The molecule has 0 fully saturated rings. The third-order valence-electron chi connectivity index (χ3n) is 4.65. The van der Waals surface area contributed by atoms with Crippen molar-refractivity contribution in [1.82, 2.24) is 9.97 Å². The molecule has 162 valence electrons. The van der Waals surface area contributed by atoms with Crippen LogP contribution in [-0.2, 0) is 12.8 Å². The van der Waals surface area contributed by atoms with E-state index >= 15 is 0 Å². The molecule has 31 heavy (non-hydrogen) atoms. The maximum absolute atomic E-state index is 12.4. The molecule has 0 bridgehead atoms. The summed E-state index contributed by atoms with van der Waals surface area (Å²) >= 11 is 0. The number of hydrogen-bond donors (Lipinski definition) is 0. The number of aromatic nitrogens is 2. The van der Waals surface area contributed by atoms with E-state index < -0.39 is 5.97 Å². The number of aryl methyl sites for hydroxylation is 2. The highest BCUT2D eigenvalue weighted by atomic mass is 16.6. The number of hydrogen-bond acceptors (Lipinski definition) is 8. The zero-order valence-corrected chi connectivity index (χ0v) is 17.9. The quantitative estimate of drug-likeness (QED) is 0.381. The minimum atomic E-state index is -0.555. The van der Waals surface area contributed by atoms with Gasteiger partial charge in [0.05, 0.1) is 34.0 Å². The summed E-state index contributed by atoms with van der Waals surface area (Å²) in [6, 6.07) is 9.33. The van der Waals surface area contributed by atoms with Gasteiger partial charge in [-0.3, -0.25) is 0 Å². The van der Waals surface area contributed by atoms with E-state index in [1.54, 1.807) is 33.5 Å². The van der Waals surface area contributed by atoms with E-state index in [1.807, 2.05) is 18.2 Å². The van der Waals surface area contributed by atoms with E-state index in [0.717, 1.165) is 11.1 Å². The third kappa shape index (κ3) is 5.22. The Bertz CT molecular complexity index is 1010. The van der Waals surface area contributed by atoms with Crippen LogP contribution in [0.25, 0.3) is 0 Å². The van der Waals surface area contributed by atoms with E-state index in [-0.39, 0.29) is 5.56 Å². The first kappa shape index (κ1) is 21.9. The van der Waals surface area contributed by atoms with Crippen LogP contribution < -0.4 is 23.7 Å². The number of carbonyl (C=O) groups is 1. The summed E-state index contributed by atoms with van der Waals surface area (Å²) in [5.74, 6) is 2.00. The third-order valence-corrected chi connectivity index (χ3v) is 4.65. The van der Waals surface area contributed by atoms with Crippen LogP contribution in [0.5, 0.6) is 28.7 Å². The van der Waals surface area contributed by atoms with Crippen LogP contribution in [0.3, 0.4) is 0 Å². The lowest BCUT2D eigenvalue weighted by molar-refractivity contribution is 0.0728. The van der Waals surface area contributed by atoms with Gasteiger partial charge in [0.25, 0.3) is 0 Å². The summed E-state index contributed by atoms with van der Waals surface area (Å²) in [7, 11) is 6.27. The molecular weight excluding hydrogens is 400 g/mol. The van der Waals surface area contributed by atoms with Gasteiger partial charge in [0.2, 0.25) is 5.75 Å². The maximum atomic E-state index is 12.4. The van der Waals surface area contributed by atoms with Crippen LogP contribution in [0.15, 0.2) is 49.1 Å². The minimum Gasteiger partial charge on any atom is -0.493 e. The van der Waals surface area contributed by atoms with Crippen LogP contribution in [-0.4, -0.2) is 44.4 Å². The Balaban J connectivity index is 1.78. The van der Waals surface area contributed by atoms with Crippen molar-refractivity contribution in [2.24, 2.45) is 0 Å². The van der Waals surface area contributed by atoms with E-state index in [1.165, 1.54) is 25.8 Å². The second-order valence-electron chi connectivity index (χ2n) is 6.54. The molecular formula is C23H24N2O6. The van der Waals surface area contributed by atoms with E-state index in [2.05, 4.69) is 9.97 Å². The lowest BCUT2D eigenvalue weighted by atomic mass is 10.0. The van der Waals surface area contributed by atoms with Crippen molar-refractivity contribution in [3.63, 3.8) is 0 Å². The van der Waals surface area contributed by atoms with Crippen molar-refractivity contribution >= 4 is 5.97 Å². The molecule has 0 spiro atoms. The molecule has 0 N–H and O–H groups in total. The number of benzene rings is 2. The van der Waals surface area contributed by atoms with E-state index in [9.17, 15) is 4.79 Å². The van der Waals surface area contributed by atoms with E-state index in [0.29, 0.717) is 41.6 Å². The lowest BCUT2D eigenvalue weighted by Crippen LogP contribution is -2.10. The SMILES string of the molecule is COc1ccc(CCc2cc(OC)c(OC)c(OC)c2)cc1OC(=O)c1cncnc1. The van der Waals surface area contributed by atoms with Gasteiger partial charge in [-0.25, -0.2) is 14.8 Å². The van der Waals surface area contributed by atoms with Gasteiger partial charge in [-0.2, -0.15) is 0 Å². The highest BCUT2D eigenvalue weighted by Gasteiger charge is 2.15. The van der Waals surface area contributed by atoms with E-state index in [4.69, 9.17) is 23.7 Å². The van der Waals surface area contributed by atoms with Crippen molar-refractivity contribution in [2.75, 3.05) is 28.4 Å². The van der Waals surface area contributed by atoms with Crippen molar-refractivity contribution in [1.29, 1.82) is 0 Å². The van der Waals surface area contributed by atoms with Crippen molar-refractivity contribution < 1.29 is 28.5 Å². The largest absolute Gasteiger partial charge is 0.493 e. The molecule has 0 saturated carbocycles. The molecule has 0 aliphatic carbocycles. The summed E-state index contributed by atoms with van der Waals surface area (Å²) in [4.78, 5) is 20.1. The van der Waals surface area contributed by atoms with Gasteiger partial charge in [-0.15, -0.1) is 0 Å². The van der Waals surface area contributed by atoms with Crippen molar-refractivity contribution in [2.45, 2.75) is 12.8 Å². The summed E-state index contributed by atoms with van der Waals surface area (Å²) in [5, 5.41) is 0. The first-order chi connectivity index (χ1) is 15.1. The van der Waals surface area contributed by atoms with Crippen LogP contribution in [0.2, 0.25) is 0 Å². The summed E-state index contributed by atoms with van der Waals surface area (Å²) in [5.41, 5.74) is 2.25. The van der Waals surface area contributed by atoms with Gasteiger partial charge < -0.3 is 23.7 Å². The summed E-state index contributed by atoms with van der Waals surface area (Å²) < 4.78 is 27.1. The maximum Gasteiger partial charge on any atom is 0.346 e. The Morgan fingerprint density at radius 1 is 0.742 bits per heavy atom. The van der Waals surface area contributed by atoms with Crippen molar-refractivity contribution in [3.05, 3.63) is 65.7 Å². The minimum absolute atomic E-state index is 0.257. The Morgan fingerprint density at radius 3 is 1.90 bits per heavy atom. The lowest BCUT2D eigenvalue weighted by Gasteiger charge is -2.14. The molecule has 0 aliphatic heterocycles. The average molecular weight is 424 g/mol. The van der Waals surface area contributed by atoms with Gasteiger partial charge in [0, 0.05) is 12.4 Å². The predicted molar refractivity (Wildman–Crippen MR) is 113 cm³/mol. The van der Waals surface area contributed by atoms with Gasteiger partial charge in [0.15, 0.2) is 23.0 Å². The van der Waals surface area contributed by atoms with Crippen LogP contribution in [0.1, 0.15) is 21.5 Å². The van der Waals surface area contributed by atoms with Crippen LogP contribution >= 0.6 is 0 Å². The molecule has 0 amide bonds. The highest BCUT2D eigenvalue weighted by Crippen LogP contribution is 2.38. The fourth-order valence-electron chi connectivity index (χ4n) is 3.09. The fraction of sp³-hybridized carbons (Fsp3) is 0.261. The van der Waals surface area contributed by atoms with Gasteiger partial charge >= 0.3 is 5.97 Å². The highest BCUT2D eigenvalue weighted by molar-refractivity contribution is 5.90. The number of esters is 1. The molecule has 3 rings (SSSR count). The number of ether oxygens (including phenoxy) is 5. The van der Waals surface area contributed by atoms with Crippen molar-refractivity contribution in [3.8, 4) is 28.7 Å². The average Bonchev–Trinajstić information content (AvgIpc) is 2.82. The van der Waals surface area contributed by atoms with Crippen LogP contribution in [0.4, 0.5) is 0 Å². The van der Waals surface area contributed by atoms with Gasteiger partial charge in [-0.1, -0.05) is 6.07 Å². The number of rotatable bonds is 9. The smallest absolute Gasteiger partial charge is 0.346 e. The molecule has 0 aliphatic rings. The van der Waals surface area contributed by atoms with Crippen LogP contribution in [0, 0.1) is 0 Å². The Kier molecular flexibility index (Phi) is 7.26. The molecule has 1 heterocycles. The zero-order valence-electron chi connectivity index (χ0n) is 17.9. The normalized spacial score (nSPS) is 10.3. The Hall–Kier alpha value is -3.81. The predicted octanol–water partition coefficient (Wildman–Crippen LogP) is 3.52. The topological polar surface area (TPSA) is 89.0 Å². The monoisotopic (exact) mass is 424 g/mol. The summed E-state index contributed by atoms with van der Waals surface area (Å²) in [6.45, 7) is 0. The molecule has 1 aromatic heterocycles. The number of methoxy groups -OCH3 is 4. The Morgan fingerprint density at radius 2 is 1.32 bits per heavy atom. The molecule has 2 aromatic carbocycles. The first-order valence-corrected chi connectivity index (χ1v) is 9.52. The molecule has 0 radical (unpaired) electrons. The molecule has 0 unspecified atom stereocenters. The van der Waals surface area contributed by atoms with Gasteiger partial charge in [0.1, 0.15) is 6.33 Å². The zero-order chi connectivity index (χ0) is 22.2. The molecule has 0 atom stereocenters. The number of carbonyl (C=O) groups excluding carboxylic acids is 1.